The quantitative estimate of drug-likeness (QED) is 0.931. The molecule has 0 aromatic carbocycles. The molecule has 5 heteroatoms. The number of hydrogen-bond donors (Lipinski definition) is 1. The van der Waals surface area contributed by atoms with Crippen LogP contribution in [-0.4, -0.2) is 39.2 Å². The maximum absolute atomic E-state index is 12.0. The molecule has 0 radical (unpaired) electrons. The Kier molecular flexibility index (Phi) is 3.90. The van der Waals surface area contributed by atoms with Gasteiger partial charge in [-0.15, -0.1) is 0 Å². The van der Waals surface area contributed by atoms with Crippen molar-refractivity contribution in [2.45, 2.75) is 76.0 Å². The van der Waals surface area contributed by atoms with Gasteiger partial charge in [0.2, 0.25) is 5.91 Å². The first-order valence-corrected chi connectivity index (χ1v) is 8.87. The van der Waals surface area contributed by atoms with Crippen LogP contribution in [0.1, 0.15) is 63.1 Å². The molecule has 1 aromatic rings. The van der Waals surface area contributed by atoms with Crippen molar-refractivity contribution >= 4 is 5.91 Å². The Balaban J connectivity index is 1.45. The highest BCUT2D eigenvalue weighted by molar-refractivity contribution is 5.79. The molecule has 120 valence electrons. The minimum absolute atomic E-state index is 0.179. The summed E-state index contributed by atoms with van der Waals surface area (Å²) in [6, 6.07) is 3.60. The number of aromatic nitrogens is 2. The zero-order valence-corrected chi connectivity index (χ0v) is 13.2. The van der Waals surface area contributed by atoms with Gasteiger partial charge in [-0.05, 0) is 31.7 Å². The summed E-state index contributed by atoms with van der Waals surface area (Å²) >= 11 is 0. The molecule has 1 aromatic heterocycles. The molecule has 2 aliphatic carbocycles. The number of carbonyl (C=O) groups excluding carboxylic acids is 1. The molecular formula is C17H26N4O. The van der Waals surface area contributed by atoms with E-state index in [1.54, 1.807) is 0 Å². The van der Waals surface area contributed by atoms with E-state index in [2.05, 4.69) is 27.2 Å². The monoisotopic (exact) mass is 302 g/mol. The third-order valence-corrected chi connectivity index (χ3v) is 5.62. The van der Waals surface area contributed by atoms with Gasteiger partial charge in [-0.2, -0.15) is 5.10 Å². The highest BCUT2D eigenvalue weighted by atomic mass is 16.2. The van der Waals surface area contributed by atoms with E-state index in [1.165, 1.54) is 44.9 Å². The molecule has 3 aliphatic rings. The first-order valence-electron chi connectivity index (χ1n) is 8.87. The maximum atomic E-state index is 12.0. The van der Waals surface area contributed by atoms with Gasteiger partial charge < -0.3 is 5.32 Å². The molecule has 5 nitrogen and oxygen atoms in total. The van der Waals surface area contributed by atoms with Crippen LogP contribution in [-0.2, 0) is 11.3 Å². The van der Waals surface area contributed by atoms with E-state index >= 15 is 0 Å². The predicted octanol–water partition coefficient (Wildman–Crippen LogP) is 2.24. The van der Waals surface area contributed by atoms with Crippen molar-refractivity contribution in [3.8, 4) is 0 Å². The van der Waals surface area contributed by atoms with Gasteiger partial charge in [-0.25, -0.2) is 0 Å². The van der Waals surface area contributed by atoms with Crippen molar-refractivity contribution in [1.82, 2.24) is 20.0 Å². The Morgan fingerprint density at radius 2 is 1.91 bits per heavy atom. The highest BCUT2D eigenvalue weighted by Crippen LogP contribution is 2.30. The molecule has 2 heterocycles. The van der Waals surface area contributed by atoms with Crippen LogP contribution in [0.5, 0.6) is 0 Å². The van der Waals surface area contributed by atoms with Crippen molar-refractivity contribution in [2.75, 3.05) is 6.54 Å². The third-order valence-electron chi connectivity index (χ3n) is 5.62. The summed E-state index contributed by atoms with van der Waals surface area (Å²) in [6.07, 6.45) is 12.2. The molecule has 1 amide bonds. The highest BCUT2D eigenvalue weighted by Gasteiger charge is 2.36. The second-order valence-corrected chi connectivity index (χ2v) is 7.16. The lowest BCUT2D eigenvalue weighted by Gasteiger charge is -2.43. The van der Waals surface area contributed by atoms with Gasteiger partial charge in [-0.1, -0.05) is 25.7 Å². The second kappa shape index (κ2) is 6.03. The first kappa shape index (κ1) is 14.2. The van der Waals surface area contributed by atoms with E-state index in [-0.39, 0.29) is 5.91 Å². The summed E-state index contributed by atoms with van der Waals surface area (Å²) in [5.74, 6) is 0.179. The second-order valence-electron chi connectivity index (χ2n) is 7.16. The van der Waals surface area contributed by atoms with Gasteiger partial charge >= 0.3 is 0 Å². The van der Waals surface area contributed by atoms with E-state index in [0.29, 0.717) is 24.7 Å². The molecule has 22 heavy (non-hydrogen) atoms. The Morgan fingerprint density at radius 1 is 1.14 bits per heavy atom. The third kappa shape index (κ3) is 2.78. The van der Waals surface area contributed by atoms with E-state index in [4.69, 9.17) is 5.10 Å². The van der Waals surface area contributed by atoms with Gasteiger partial charge in [0, 0.05) is 24.8 Å². The lowest BCUT2D eigenvalue weighted by atomic mass is 9.87. The Labute approximate surface area is 132 Å². The average Bonchev–Trinajstić information content (AvgIpc) is 3.17. The SMILES string of the molecule is O=C1CN(Cc2ccn(C3CCCC3)n2)[C@@H]2CCCC[C@@H]2N1. The predicted molar refractivity (Wildman–Crippen MR) is 84.3 cm³/mol. The average molecular weight is 302 g/mol. The van der Waals surface area contributed by atoms with Crippen LogP contribution in [0.2, 0.25) is 0 Å². The molecule has 4 rings (SSSR count). The summed E-state index contributed by atoms with van der Waals surface area (Å²) < 4.78 is 2.16. The number of carbonyl (C=O) groups is 1. The van der Waals surface area contributed by atoms with Crippen molar-refractivity contribution in [1.29, 1.82) is 0 Å². The fourth-order valence-electron chi connectivity index (χ4n) is 4.49. The van der Waals surface area contributed by atoms with Gasteiger partial charge in [0.1, 0.15) is 0 Å². The molecule has 1 N–H and O–H groups in total. The number of fused-ring (bicyclic) bond motifs is 1. The smallest absolute Gasteiger partial charge is 0.234 e. The molecule has 3 fully saturated rings. The molecule has 2 saturated carbocycles. The minimum Gasteiger partial charge on any atom is -0.351 e. The molecular weight excluding hydrogens is 276 g/mol. The first-order chi connectivity index (χ1) is 10.8. The number of nitrogens with one attached hydrogen (secondary N) is 1. The number of hydrogen-bond acceptors (Lipinski definition) is 3. The van der Waals surface area contributed by atoms with E-state index in [1.807, 2.05) is 0 Å². The normalized spacial score (nSPS) is 30.3. The lowest BCUT2D eigenvalue weighted by Crippen LogP contribution is -2.61. The van der Waals surface area contributed by atoms with Crippen LogP contribution in [0.4, 0.5) is 0 Å². The zero-order chi connectivity index (χ0) is 14.9. The summed E-state index contributed by atoms with van der Waals surface area (Å²) in [5.41, 5.74) is 1.12. The van der Waals surface area contributed by atoms with Crippen LogP contribution in [0.15, 0.2) is 12.3 Å². The molecule has 1 saturated heterocycles. The minimum atomic E-state index is 0.179. The van der Waals surface area contributed by atoms with Crippen molar-refractivity contribution in [3.05, 3.63) is 18.0 Å². The lowest BCUT2D eigenvalue weighted by molar-refractivity contribution is -0.128. The number of nitrogens with zero attached hydrogens (tertiary/aromatic N) is 3. The van der Waals surface area contributed by atoms with Crippen molar-refractivity contribution in [3.63, 3.8) is 0 Å². The number of rotatable bonds is 3. The van der Waals surface area contributed by atoms with Gasteiger partial charge in [0.05, 0.1) is 18.3 Å². The molecule has 0 spiro atoms. The fraction of sp³-hybridized carbons (Fsp3) is 0.765. The fourth-order valence-corrected chi connectivity index (χ4v) is 4.49. The molecule has 0 unspecified atom stereocenters. The van der Waals surface area contributed by atoms with Crippen LogP contribution in [0.25, 0.3) is 0 Å². The Bertz CT molecular complexity index is 535. The number of amides is 1. The summed E-state index contributed by atoms with van der Waals surface area (Å²) in [7, 11) is 0. The summed E-state index contributed by atoms with van der Waals surface area (Å²) in [4.78, 5) is 14.3. The zero-order valence-electron chi connectivity index (χ0n) is 13.2. The van der Waals surface area contributed by atoms with Crippen LogP contribution >= 0.6 is 0 Å². The molecule has 0 bridgehead atoms. The standard InChI is InChI=1S/C17H26N4O/c22-17-12-20(16-8-4-3-7-15(16)18-17)11-13-9-10-21(19-13)14-5-1-2-6-14/h9-10,14-16H,1-8,11-12H2,(H,18,22)/t15-,16+/m0/s1. The topological polar surface area (TPSA) is 50.2 Å². The Hall–Kier alpha value is -1.36. The summed E-state index contributed by atoms with van der Waals surface area (Å²) in [5, 5.41) is 7.97. The van der Waals surface area contributed by atoms with Crippen molar-refractivity contribution < 1.29 is 4.79 Å². The van der Waals surface area contributed by atoms with Crippen LogP contribution in [0.3, 0.4) is 0 Å². The van der Waals surface area contributed by atoms with E-state index < -0.39 is 0 Å². The maximum Gasteiger partial charge on any atom is 0.234 e. The number of piperazine rings is 1. The van der Waals surface area contributed by atoms with Crippen LogP contribution in [0, 0.1) is 0 Å². The molecule has 1 aliphatic heterocycles. The van der Waals surface area contributed by atoms with E-state index in [0.717, 1.165) is 18.7 Å². The van der Waals surface area contributed by atoms with Crippen LogP contribution < -0.4 is 5.32 Å². The van der Waals surface area contributed by atoms with Crippen molar-refractivity contribution in [2.24, 2.45) is 0 Å². The largest absolute Gasteiger partial charge is 0.351 e. The summed E-state index contributed by atoms with van der Waals surface area (Å²) in [6.45, 7) is 1.34. The van der Waals surface area contributed by atoms with Gasteiger partial charge in [0.15, 0.2) is 0 Å². The Morgan fingerprint density at radius 3 is 2.77 bits per heavy atom. The molecule has 2 atom stereocenters. The van der Waals surface area contributed by atoms with Gasteiger partial charge in [0.25, 0.3) is 0 Å². The van der Waals surface area contributed by atoms with Gasteiger partial charge in [-0.3, -0.25) is 14.4 Å². The van der Waals surface area contributed by atoms with E-state index in [9.17, 15) is 4.79 Å².